The van der Waals surface area contributed by atoms with Crippen LogP contribution in [-0.2, 0) is 16.0 Å². The number of non-ortho nitro benzene ring substituents is 1. The minimum Gasteiger partial charge on any atom is -0.497 e. The molecule has 8 heteroatoms. The highest BCUT2D eigenvalue weighted by Crippen LogP contribution is 2.45. The number of aryl methyl sites for hydroxylation is 1. The van der Waals surface area contributed by atoms with Gasteiger partial charge in [0.2, 0.25) is 0 Å². The molecule has 166 valence electrons. The predicted octanol–water partition coefficient (Wildman–Crippen LogP) is 4.39. The minimum atomic E-state index is -0.426. The monoisotopic (exact) mass is 435 g/mol. The second kappa shape index (κ2) is 8.82. The van der Waals surface area contributed by atoms with Crippen molar-refractivity contribution >= 4 is 17.4 Å². The Kier molecular flexibility index (Phi) is 5.94. The van der Waals surface area contributed by atoms with Crippen molar-refractivity contribution in [2.24, 2.45) is 11.0 Å². The van der Waals surface area contributed by atoms with Crippen LogP contribution in [0.3, 0.4) is 0 Å². The lowest BCUT2D eigenvalue weighted by Crippen LogP contribution is -2.28. The molecule has 0 bridgehead atoms. The maximum Gasteiger partial charge on any atom is 0.332 e. The first kappa shape index (κ1) is 21.5. The molecule has 0 saturated carbocycles. The first-order valence-corrected chi connectivity index (χ1v) is 10.6. The number of hydrogen-bond acceptors (Lipinski definition) is 7. The van der Waals surface area contributed by atoms with Crippen LogP contribution in [0.15, 0.2) is 59.3 Å². The second-order valence-corrected chi connectivity index (χ2v) is 7.83. The number of ether oxygens (including phenoxy) is 2. The van der Waals surface area contributed by atoms with Crippen LogP contribution in [0.25, 0.3) is 0 Å². The van der Waals surface area contributed by atoms with Gasteiger partial charge in [0, 0.05) is 35.4 Å². The number of rotatable bonds is 6. The predicted molar refractivity (Wildman–Crippen MR) is 119 cm³/mol. The summed E-state index contributed by atoms with van der Waals surface area (Å²) >= 11 is 0. The zero-order valence-corrected chi connectivity index (χ0v) is 18.3. The maximum absolute atomic E-state index is 12.1. The summed E-state index contributed by atoms with van der Waals surface area (Å²) in [6.45, 7) is 3.87. The molecule has 2 unspecified atom stereocenters. The van der Waals surface area contributed by atoms with E-state index in [-0.39, 0.29) is 17.6 Å². The van der Waals surface area contributed by atoms with E-state index >= 15 is 0 Å². The van der Waals surface area contributed by atoms with Gasteiger partial charge in [0.15, 0.2) is 0 Å². The Labute approximate surface area is 186 Å². The third-order valence-electron chi connectivity index (χ3n) is 5.95. The van der Waals surface area contributed by atoms with E-state index in [9.17, 15) is 14.9 Å². The quantitative estimate of drug-likeness (QED) is 0.289. The molecule has 0 spiro atoms. The number of methoxy groups -OCH3 is 1. The smallest absolute Gasteiger partial charge is 0.332 e. The summed E-state index contributed by atoms with van der Waals surface area (Å²) < 4.78 is 10.5. The Balaban J connectivity index is 1.78. The van der Waals surface area contributed by atoms with Crippen molar-refractivity contribution in [2.45, 2.75) is 32.7 Å². The third kappa shape index (κ3) is 3.95. The Morgan fingerprint density at radius 1 is 1.28 bits per heavy atom. The molecule has 2 aliphatic rings. The lowest BCUT2D eigenvalue weighted by atomic mass is 9.77. The van der Waals surface area contributed by atoms with E-state index in [1.54, 1.807) is 26.2 Å². The summed E-state index contributed by atoms with van der Waals surface area (Å²) in [6, 6.07) is 12.4. The topological polar surface area (TPSA) is 94.3 Å². The molecule has 0 amide bonds. The standard InChI is InChI=1S/C24H25N3O5/c1-4-32-22(28)13-15(2)26-24(17-5-9-18(10-6-17)27(29)30)20-12-8-16-7-11-19(31-3)14-21(16)23(20)25-26/h5-7,9-11,13-14,20,24H,4,8,12H2,1-3H3/b15-13+. The van der Waals surface area contributed by atoms with E-state index in [0.717, 1.165) is 35.4 Å². The number of allylic oxidation sites excluding steroid dienone is 1. The number of benzene rings is 2. The normalized spacial score (nSPS) is 19.7. The Hall–Kier alpha value is -3.68. The molecular weight excluding hydrogens is 410 g/mol. The molecule has 2 aromatic rings. The second-order valence-electron chi connectivity index (χ2n) is 7.83. The summed E-state index contributed by atoms with van der Waals surface area (Å²) in [5.41, 5.74) is 4.78. The van der Waals surface area contributed by atoms with E-state index in [1.165, 1.54) is 23.8 Å². The molecule has 4 rings (SSSR count). The van der Waals surface area contributed by atoms with Gasteiger partial charge < -0.3 is 9.47 Å². The van der Waals surface area contributed by atoms with Gasteiger partial charge in [-0.1, -0.05) is 18.2 Å². The summed E-state index contributed by atoms with van der Waals surface area (Å²) in [6.07, 6.45) is 3.21. The molecule has 32 heavy (non-hydrogen) atoms. The van der Waals surface area contributed by atoms with E-state index in [2.05, 4.69) is 6.07 Å². The van der Waals surface area contributed by atoms with Gasteiger partial charge in [0.25, 0.3) is 5.69 Å². The van der Waals surface area contributed by atoms with Gasteiger partial charge in [-0.25, -0.2) is 4.79 Å². The number of nitro groups is 1. The van der Waals surface area contributed by atoms with Crippen LogP contribution in [0.4, 0.5) is 5.69 Å². The first-order valence-electron chi connectivity index (χ1n) is 10.6. The molecule has 8 nitrogen and oxygen atoms in total. The van der Waals surface area contributed by atoms with Gasteiger partial charge in [0.1, 0.15) is 5.75 Å². The summed E-state index contributed by atoms with van der Waals surface area (Å²) in [5.74, 6) is 0.405. The molecule has 0 aromatic heterocycles. The van der Waals surface area contributed by atoms with Crippen LogP contribution in [0.5, 0.6) is 5.75 Å². The van der Waals surface area contributed by atoms with Gasteiger partial charge >= 0.3 is 5.97 Å². The Morgan fingerprint density at radius 3 is 2.69 bits per heavy atom. The van der Waals surface area contributed by atoms with E-state index in [0.29, 0.717) is 12.3 Å². The van der Waals surface area contributed by atoms with E-state index < -0.39 is 10.9 Å². The fourth-order valence-corrected chi connectivity index (χ4v) is 4.46. The lowest BCUT2D eigenvalue weighted by Gasteiger charge is -2.31. The number of hydrogen-bond donors (Lipinski definition) is 0. The molecule has 0 N–H and O–H groups in total. The van der Waals surface area contributed by atoms with Crippen molar-refractivity contribution in [3.05, 3.63) is 81.0 Å². The van der Waals surface area contributed by atoms with Gasteiger partial charge in [-0.2, -0.15) is 5.10 Å². The fourth-order valence-electron chi connectivity index (χ4n) is 4.46. The molecule has 1 heterocycles. The van der Waals surface area contributed by atoms with Crippen molar-refractivity contribution in [3.8, 4) is 5.75 Å². The largest absolute Gasteiger partial charge is 0.497 e. The SMILES string of the molecule is CCOC(=O)/C=C(\C)N1N=C2c3cc(OC)ccc3CCC2C1c1ccc([N+](=O)[O-])cc1. The highest BCUT2D eigenvalue weighted by atomic mass is 16.6. The van der Waals surface area contributed by atoms with Crippen molar-refractivity contribution in [1.29, 1.82) is 0 Å². The molecule has 2 atom stereocenters. The molecular formula is C24H25N3O5. The van der Waals surface area contributed by atoms with Crippen LogP contribution in [0.1, 0.15) is 43.0 Å². The van der Waals surface area contributed by atoms with Crippen LogP contribution in [0.2, 0.25) is 0 Å². The number of fused-ring (bicyclic) bond motifs is 3. The first-order chi connectivity index (χ1) is 15.4. The number of carbonyl (C=O) groups is 1. The van der Waals surface area contributed by atoms with Gasteiger partial charge in [-0.05, 0) is 49.9 Å². The number of carbonyl (C=O) groups excluding carboxylic acids is 1. The molecule has 0 fully saturated rings. The highest BCUT2D eigenvalue weighted by molar-refractivity contribution is 6.06. The summed E-state index contributed by atoms with van der Waals surface area (Å²) in [4.78, 5) is 22.8. The Bertz CT molecular complexity index is 1110. The van der Waals surface area contributed by atoms with Crippen molar-refractivity contribution < 1.29 is 19.2 Å². The van der Waals surface area contributed by atoms with Crippen LogP contribution >= 0.6 is 0 Å². The Morgan fingerprint density at radius 2 is 2.03 bits per heavy atom. The zero-order chi connectivity index (χ0) is 22.8. The summed E-state index contributed by atoms with van der Waals surface area (Å²) in [7, 11) is 1.64. The number of esters is 1. The molecule has 2 aromatic carbocycles. The number of nitrogens with zero attached hydrogens (tertiary/aromatic N) is 3. The van der Waals surface area contributed by atoms with Gasteiger partial charge in [-0.15, -0.1) is 0 Å². The van der Waals surface area contributed by atoms with Crippen molar-refractivity contribution in [1.82, 2.24) is 5.01 Å². The molecule has 1 aliphatic carbocycles. The van der Waals surface area contributed by atoms with E-state index in [1.807, 2.05) is 24.1 Å². The molecule has 0 saturated heterocycles. The van der Waals surface area contributed by atoms with Crippen LogP contribution < -0.4 is 4.74 Å². The molecule has 0 radical (unpaired) electrons. The van der Waals surface area contributed by atoms with Crippen LogP contribution in [-0.4, -0.2) is 35.3 Å². The van der Waals surface area contributed by atoms with Crippen LogP contribution in [0, 0.1) is 16.0 Å². The number of hydrazone groups is 1. The highest BCUT2D eigenvalue weighted by Gasteiger charge is 2.42. The average Bonchev–Trinajstić information content (AvgIpc) is 3.19. The molecule has 1 aliphatic heterocycles. The maximum atomic E-state index is 12.1. The summed E-state index contributed by atoms with van der Waals surface area (Å²) in [5, 5.41) is 17.9. The fraction of sp³-hybridized carbons (Fsp3) is 0.333. The lowest BCUT2D eigenvalue weighted by molar-refractivity contribution is -0.384. The van der Waals surface area contributed by atoms with Crippen molar-refractivity contribution in [3.63, 3.8) is 0 Å². The average molecular weight is 435 g/mol. The van der Waals surface area contributed by atoms with Gasteiger partial charge in [0.05, 0.1) is 30.4 Å². The zero-order valence-electron chi connectivity index (χ0n) is 18.3. The third-order valence-corrected chi connectivity index (χ3v) is 5.95. The number of nitro benzene ring substituents is 1. The van der Waals surface area contributed by atoms with Crippen molar-refractivity contribution in [2.75, 3.05) is 13.7 Å². The van der Waals surface area contributed by atoms with Gasteiger partial charge in [-0.3, -0.25) is 15.1 Å². The van der Waals surface area contributed by atoms with E-state index in [4.69, 9.17) is 14.6 Å². The minimum absolute atomic E-state index is 0.0388.